The fourth-order valence-electron chi connectivity index (χ4n) is 11.1. The predicted molar refractivity (Wildman–Crippen MR) is 295 cm³/mol. The zero-order chi connectivity index (χ0) is 45.7. The Morgan fingerprint density at radius 3 is 1.03 bits per heavy atom. The summed E-state index contributed by atoms with van der Waals surface area (Å²) in [4.78, 5) is 0. The lowest BCUT2D eigenvalue weighted by Crippen LogP contribution is -2.74. The molecule has 0 radical (unpaired) electrons. The molecule has 3 heteroatoms. The van der Waals surface area contributed by atoms with Crippen molar-refractivity contribution >= 4 is 72.4 Å². The molecule has 11 aromatic carbocycles. The highest BCUT2D eigenvalue weighted by molar-refractivity contribution is 7.19. The van der Waals surface area contributed by atoms with E-state index in [9.17, 15) is 0 Å². The molecule has 13 rings (SSSR count). The molecule has 0 atom stereocenters. The molecule has 13 aromatic rings. The molecule has 0 saturated carbocycles. The summed E-state index contributed by atoms with van der Waals surface area (Å²) < 4.78 is 4.87. The zero-order valence-corrected chi connectivity index (χ0v) is 39.0. The van der Waals surface area contributed by atoms with Crippen molar-refractivity contribution in [1.82, 2.24) is 9.13 Å². The average molecular weight is 895 g/mol. The number of rotatable bonds is 9. The molecule has 0 unspecified atom stereocenters. The Morgan fingerprint density at radius 1 is 0.203 bits per heavy atom. The fourth-order valence-corrected chi connectivity index (χ4v) is 15.9. The molecule has 0 fully saturated rings. The maximum Gasteiger partial charge on any atom is 0.179 e. The van der Waals surface area contributed by atoms with E-state index in [2.05, 4.69) is 288 Å². The number of aromatic nitrogens is 2. The van der Waals surface area contributed by atoms with Gasteiger partial charge in [-0.15, -0.1) is 0 Å². The molecule has 0 aliphatic heterocycles. The topological polar surface area (TPSA) is 9.86 Å². The van der Waals surface area contributed by atoms with Crippen LogP contribution < -0.4 is 20.7 Å². The molecular weight excluding hydrogens is 849 g/mol. The second-order valence-electron chi connectivity index (χ2n) is 18.1. The summed E-state index contributed by atoms with van der Waals surface area (Å²) in [6.07, 6.45) is 0. The Labute approximate surface area is 403 Å². The van der Waals surface area contributed by atoms with E-state index in [1.807, 2.05) is 0 Å². The van der Waals surface area contributed by atoms with Crippen LogP contribution in [0.3, 0.4) is 0 Å². The van der Waals surface area contributed by atoms with Gasteiger partial charge in [-0.05, 0) is 115 Å². The zero-order valence-electron chi connectivity index (χ0n) is 38.0. The maximum absolute atomic E-state index is 2.73. The van der Waals surface area contributed by atoms with Crippen molar-refractivity contribution in [2.45, 2.75) is 0 Å². The van der Waals surface area contributed by atoms with Crippen LogP contribution in [0.25, 0.3) is 88.4 Å². The molecule has 0 amide bonds. The highest BCUT2D eigenvalue weighted by atomic mass is 28.3. The van der Waals surface area contributed by atoms with Crippen molar-refractivity contribution in [2.75, 3.05) is 0 Å². The summed E-state index contributed by atoms with van der Waals surface area (Å²) in [6.45, 7) is 0. The van der Waals surface area contributed by atoms with Crippen molar-refractivity contribution in [3.63, 3.8) is 0 Å². The van der Waals surface area contributed by atoms with Crippen molar-refractivity contribution in [3.8, 4) is 44.8 Å². The molecule has 2 heterocycles. The van der Waals surface area contributed by atoms with Crippen LogP contribution in [0.4, 0.5) is 0 Å². The minimum Gasteiger partial charge on any atom is -0.309 e. The normalized spacial score (nSPS) is 11.8. The minimum atomic E-state index is -2.73. The molecule has 0 aliphatic rings. The number of nitrogens with zero attached hydrogens (tertiary/aromatic N) is 2. The Bertz CT molecular complexity index is 3890. The van der Waals surface area contributed by atoms with Crippen LogP contribution in [0.5, 0.6) is 0 Å². The Balaban J connectivity index is 0.882. The third-order valence-electron chi connectivity index (χ3n) is 14.3. The summed E-state index contributed by atoms with van der Waals surface area (Å²) in [6, 6.07) is 103. The van der Waals surface area contributed by atoms with E-state index in [-0.39, 0.29) is 0 Å². The summed E-state index contributed by atoms with van der Waals surface area (Å²) >= 11 is 0. The summed E-state index contributed by atoms with van der Waals surface area (Å²) in [7, 11) is -2.73. The maximum atomic E-state index is 2.47. The van der Waals surface area contributed by atoms with Gasteiger partial charge in [0.2, 0.25) is 0 Å². The molecule has 0 saturated heterocycles. The van der Waals surface area contributed by atoms with Gasteiger partial charge in [-0.1, -0.05) is 218 Å². The Kier molecular flexibility index (Phi) is 9.88. The number of benzene rings is 11. The summed E-state index contributed by atoms with van der Waals surface area (Å²) in [5.74, 6) is 0. The number of fused-ring (bicyclic) bond motifs is 6. The lowest BCUT2D eigenvalue weighted by molar-refractivity contribution is 1.18. The van der Waals surface area contributed by atoms with Crippen molar-refractivity contribution in [3.05, 3.63) is 279 Å². The van der Waals surface area contributed by atoms with E-state index >= 15 is 0 Å². The smallest absolute Gasteiger partial charge is 0.179 e. The third kappa shape index (κ3) is 6.78. The molecular formula is C66H46N2Si. The first kappa shape index (κ1) is 40.5. The average Bonchev–Trinajstić information content (AvgIpc) is 3.95. The predicted octanol–water partition coefficient (Wildman–Crippen LogP) is 14.3. The van der Waals surface area contributed by atoms with Crippen LogP contribution in [0, 0.1) is 0 Å². The molecule has 0 N–H and O–H groups in total. The van der Waals surface area contributed by atoms with Crippen LogP contribution in [0.2, 0.25) is 0 Å². The van der Waals surface area contributed by atoms with E-state index in [0.29, 0.717) is 0 Å². The van der Waals surface area contributed by atoms with Gasteiger partial charge in [0.25, 0.3) is 0 Å². The SMILES string of the molecule is c1ccc(-c2cccc(-n3c4ccccc4c4cc(-c5ccc(-c6ccc7c(c6)c6ccccc6n7-c6cccc([Si](c7ccccc7)(c7ccccc7)c7ccccc7)c6)cc5)ccc43)c2)cc1. The third-order valence-corrected chi connectivity index (χ3v) is 19.0. The monoisotopic (exact) mass is 894 g/mol. The first-order valence-electron chi connectivity index (χ1n) is 23.8. The van der Waals surface area contributed by atoms with E-state index in [0.717, 1.165) is 11.4 Å². The van der Waals surface area contributed by atoms with Gasteiger partial charge in [0, 0.05) is 32.9 Å². The van der Waals surface area contributed by atoms with E-state index in [1.54, 1.807) is 0 Å². The number of hydrogen-bond donors (Lipinski definition) is 0. The highest BCUT2D eigenvalue weighted by Gasteiger charge is 2.41. The molecule has 324 valence electrons. The number of para-hydroxylation sites is 2. The van der Waals surface area contributed by atoms with Crippen molar-refractivity contribution in [1.29, 1.82) is 0 Å². The van der Waals surface area contributed by atoms with Gasteiger partial charge in [0.05, 0.1) is 22.1 Å². The largest absolute Gasteiger partial charge is 0.309 e. The summed E-state index contributed by atoms with van der Waals surface area (Å²) in [5.41, 5.74) is 14.3. The first-order chi connectivity index (χ1) is 34.2. The van der Waals surface area contributed by atoms with Gasteiger partial charge in [-0.2, -0.15) is 0 Å². The lowest BCUT2D eigenvalue weighted by atomic mass is 9.98. The summed E-state index contributed by atoms with van der Waals surface area (Å²) in [5, 5.41) is 10.4. The molecule has 2 nitrogen and oxygen atoms in total. The van der Waals surface area contributed by atoms with Gasteiger partial charge in [0.1, 0.15) is 0 Å². The van der Waals surface area contributed by atoms with Crippen LogP contribution in [-0.4, -0.2) is 17.2 Å². The molecule has 0 bridgehead atoms. The second kappa shape index (κ2) is 16.8. The van der Waals surface area contributed by atoms with Gasteiger partial charge in [-0.3, -0.25) is 0 Å². The number of hydrogen-bond acceptors (Lipinski definition) is 0. The van der Waals surface area contributed by atoms with Gasteiger partial charge < -0.3 is 9.13 Å². The first-order valence-corrected chi connectivity index (χ1v) is 25.8. The molecule has 0 spiro atoms. The van der Waals surface area contributed by atoms with E-state index < -0.39 is 8.07 Å². The highest BCUT2D eigenvalue weighted by Crippen LogP contribution is 2.38. The van der Waals surface area contributed by atoms with E-state index in [4.69, 9.17) is 0 Å². The van der Waals surface area contributed by atoms with E-state index in [1.165, 1.54) is 97.7 Å². The quantitative estimate of drug-likeness (QED) is 0.101. The standard InChI is InChI=1S/C66H46N2Si/c1-5-19-47(20-6-1)50-21-17-22-53(43-50)67-63-33-15-13-31-59(63)61-44-51(39-41-65(61)67)48-35-37-49(38-36-48)52-40-42-66-62(45-52)60-32-14-16-34-64(60)68(66)54-23-18-30-58(46-54)69(55-24-7-2-8-25-55,56-26-9-3-10-27-56)57-28-11-4-12-29-57/h1-46H. The molecule has 0 aliphatic carbocycles. The lowest BCUT2D eigenvalue weighted by Gasteiger charge is -2.34. The minimum absolute atomic E-state index is 1.16. The van der Waals surface area contributed by atoms with Gasteiger partial charge in [-0.25, -0.2) is 0 Å². The second-order valence-corrected chi connectivity index (χ2v) is 21.9. The van der Waals surface area contributed by atoms with Crippen molar-refractivity contribution in [2.24, 2.45) is 0 Å². The van der Waals surface area contributed by atoms with Crippen LogP contribution >= 0.6 is 0 Å². The van der Waals surface area contributed by atoms with Crippen molar-refractivity contribution < 1.29 is 0 Å². The van der Waals surface area contributed by atoms with Crippen LogP contribution in [0.15, 0.2) is 279 Å². The Morgan fingerprint density at radius 2 is 0.536 bits per heavy atom. The molecule has 69 heavy (non-hydrogen) atoms. The van der Waals surface area contributed by atoms with Gasteiger partial charge >= 0.3 is 0 Å². The van der Waals surface area contributed by atoms with Crippen LogP contribution in [-0.2, 0) is 0 Å². The molecule has 2 aromatic heterocycles. The van der Waals surface area contributed by atoms with Gasteiger partial charge in [0.15, 0.2) is 8.07 Å². The van der Waals surface area contributed by atoms with Crippen LogP contribution in [0.1, 0.15) is 0 Å². The fraction of sp³-hybridized carbons (Fsp3) is 0. The Hall–Kier alpha value is -8.76.